The van der Waals surface area contributed by atoms with Crippen LogP contribution in [0.4, 0.5) is 5.69 Å². The molecule has 0 unspecified atom stereocenters. The summed E-state index contributed by atoms with van der Waals surface area (Å²) < 4.78 is 24.7. The number of hydrogen-bond donors (Lipinski definition) is 2. The Bertz CT molecular complexity index is 1200. The van der Waals surface area contributed by atoms with Gasteiger partial charge in [-0.2, -0.15) is 0 Å². The first kappa shape index (κ1) is 36.0. The van der Waals surface area contributed by atoms with Crippen LogP contribution >= 0.6 is 0 Å². The normalized spacial score (nSPS) is 15.4. The van der Waals surface area contributed by atoms with Crippen molar-refractivity contribution in [3.63, 3.8) is 0 Å². The number of unbranched alkanes of at least 4 members (excludes halogenated alkanes) is 3. The smallest absolute Gasteiger partial charge is 0.248 e. The van der Waals surface area contributed by atoms with Crippen LogP contribution in [-0.2, 0) is 20.5 Å². The van der Waals surface area contributed by atoms with Crippen LogP contribution in [0.3, 0.4) is 0 Å². The Morgan fingerprint density at radius 1 is 1.07 bits per heavy atom. The van der Waals surface area contributed by atoms with Gasteiger partial charge in [0.15, 0.2) is 8.32 Å². The highest BCUT2D eigenvalue weighted by molar-refractivity contribution is 6.74. The monoisotopic (exact) mass is 627 g/mol. The topological polar surface area (TPSA) is 95.3 Å². The molecule has 1 aliphatic rings. The second-order valence-electron chi connectivity index (χ2n) is 13.9. The number of nitrogens with zero attached hydrogens (tertiary/aromatic N) is 1. The lowest BCUT2D eigenvalue weighted by Gasteiger charge is -2.40. The molecule has 8 nitrogen and oxygen atoms in total. The van der Waals surface area contributed by atoms with E-state index in [1.54, 1.807) is 6.07 Å². The number of carbonyl (C=O) groups is 1. The molecule has 9 heteroatoms. The van der Waals surface area contributed by atoms with Crippen molar-refractivity contribution in [2.45, 2.75) is 103 Å². The number of hydrogen-bond acceptors (Lipinski definition) is 7. The van der Waals surface area contributed by atoms with Crippen LogP contribution in [-0.4, -0.2) is 59.9 Å². The van der Waals surface area contributed by atoms with Crippen LogP contribution in [0.15, 0.2) is 42.5 Å². The molecule has 0 radical (unpaired) electrons. The van der Waals surface area contributed by atoms with Crippen LogP contribution in [0.1, 0.15) is 94.3 Å². The summed E-state index contributed by atoms with van der Waals surface area (Å²) in [6.07, 6.45) is 5.45. The fourth-order valence-electron chi connectivity index (χ4n) is 4.89. The first-order valence-electron chi connectivity index (χ1n) is 16.2. The van der Waals surface area contributed by atoms with Crippen molar-refractivity contribution in [2.24, 2.45) is 5.73 Å². The molecule has 0 aromatic heterocycles. The molecule has 246 valence electrons. The summed E-state index contributed by atoms with van der Waals surface area (Å²) in [5.41, 5.74) is 9.17. The Morgan fingerprint density at radius 3 is 2.52 bits per heavy atom. The minimum Gasteiger partial charge on any atom is -0.463 e. The van der Waals surface area contributed by atoms with Crippen LogP contribution in [0.2, 0.25) is 18.1 Å². The van der Waals surface area contributed by atoms with Crippen molar-refractivity contribution in [3.8, 4) is 5.75 Å². The third-order valence-electron chi connectivity index (χ3n) is 8.71. The van der Waals surface area contributed by atoms with Gasteiger partial charge < -0.3 is 34.6 Å². The zero-order valence-corrected chi connectivity index (χ0v) is 29.5. The van der Waals surface area contributed by atoms with Gasteiger partial charge in [0.05, 0.1) is 12.7 Å². The fourth-order valence-corrected chi connectivity index (χ4v) is 6.17. The van der Waals surface area contributed by atoms with Crippen molar-refractivity contribution in [1.29, 1.82) is 0 Å². The molecule has 2 aromatic carbocycles. The van der Waals surface area contributed by atoms with E-state index in [0.29, 0.717) is 12.2 Å². The predicted octanol–water partition coefficient (Wildman–Crippen LogP) is 7.19. The van der Waals surface area contributed by atoms with Crippen LogP contribution in [0.25, 0.3) is 0 Å². The van der Waals surface area contributed by atoms with E-state index < -0.39 is 20.0 Å². The Labute approximate surface area is 267 Å². The molecule has 0 fully saturated rings. The van der Waals surface area contributed by atoms with Crippen LogP contribution < -0.4 is 20.7 Å². The van der Waals surface area contributed by atoms with E-state index in [1.165, 1.54) is 12.0 Å². The molecule has 2 aromatic rings. The predicted molar refractivity (Wildman–Crippen MR) is 182 cm³/mol. The second-order valence-corrected chi connectivity index (χ2v) is 18.7. The summed E-state index contributed by atoms with van der Waals surface area (Å²) >= 11 is 0. The number of amides is 1. The molecule has 0 spiro atoms. The van der Waals surface area contributed by atoms with Gasteiger partial charge in [-0.15, -0.1) is 0 Å². The number of nitrogens with two attached hydrogens (primary N) is 1. The molecule has 1 aliphatic heterocycles. The van der Waals surface area contributed by atoms with Crippen molar-refractivity contribution >= 4 is 19.9 Å². The highest BCUT2D eigenvalue weighted by Gasteiger charge is 2.39. The first-order chi connectivity index (χ1) is 20.7. The van der Waals surface area contributed by atoms with E-state index in [9.17, 15) is 4.79 Å². The maximum atomic E-state index is 11.4. The molecular formula is C35H57N3O5Si. The number of rotatable bonds is 18. The summed E-state index contributed by atoms with van der Waals surface area (Å²) in [4.78, 5) is 13.5. The SMILES string of the molecule is CN(CCCOCCCCCCNC[C@H](O[Si](C)(C)C(C)(C)C)c1ccc2c(c1)COC(C)(C)O2)c1cccc(C(N)=O)c1. The number of fused-ring (bicyclic) bond motifs is 1. The number of benzene rings is 2. The molecule has 1 heterocycles. The van der Waals surface area contributed by atoms with E-state index in [-0.39, 0.29) is 11.1 Å². The Morgan fingerprint density at radius 2 is 1.80 bits per heavy atom. The standard InChI is InChI=1S/C35H57N3O5Si/c1-34(2,3)44(7,8)43-32(27-17-18-31-29(23-27)26-41-35(4,5)42-31)25-37-19-11-9-10-12-21-40-22-14-20-38(6)30-16-13-15-28(24-30)33(36)39/h13,15-18,23-24,32,37H,9-12,14,19-22,25-26H2,1-8H3,(H2,36,39)/t32-/m0/s1. The van der Waals surface area contributed by atoms with Crippen molar-refractivity contribution in [1.82, 2.24) is 5.32 Å². The van der Waals surface area contributed by atoms with Gasteiger partial charge in [-0.25, -0.2) is 0 Å². The Balaban J connectivity index is 1.34. The van der Waals surface area contributed by atoms with Gasteiger partial charge in [-0.3, -0.25) is 4.79 Å². The zero-order chi connectivity index (χ0) is 32.4. The number of anilines is 1. The summed E-state index contributed by atoms with van der Waals surface area (Å²) in [6.45, 7) is 20.1. The van der Waals surface area contributed by atoms with Crippen molar-refractivity contribution in [3.05, 3.63) is 59.2 Å². The van der Waals surface area contributed by atoms with Crippen molar-refractivity contribution < 1.29 is 23.4 Å². The summed E-state index contributed by atoms with van der Waals surface area (Å²) in [5, 5.41) is 3.81. The van der Waals surface area contributed by atoms with Gasteiger partial charge in [0, 0.05) is 64.0 Å². The molecule has 0 bridgehead atoms. The lowest BCUT2D eigenvalue weighted by atomic mass is 10.0. The summed E-state index contributed by atoms with van der Waals surface area (Å²) in [6, 6.07) is 13.8. The molecule has 0 aliphatic carbocycles. The minimum absolute atomic E-state index is 0.0179. The maximum absolute atomic E-state index is 11.4. The number of ether oxygens (including phenoxy) is 3. The van der Waals surface area contributed by atoms with Crippen LogP contribution in [0.5, 0.6) is 5.75 Å². The Hall–Kier alpha value is -2.43. The minimum atomic E-state index is -1.98. The third kappa shape index (κ3) is 11.2. The van der Waals surface area contributed by atoms with Crippen LogP contribution in [0, 0.1) is 0 Å². The van der Waals surface area contributed by atoms with E-state index in [4.69, 9.17) is 24.4 Å². The third-order valence-corrected chi connectivity index (χ3v) is 13.2. The van der Waals surface area contributed by atoms with Gasteiger partial charge in [0.2, 0.25) is 11.7 Å². The van der Waals surface area contributed by atoms with Gasteiger partial charge >= 0.3 is 0 Å². The molecule has 1 atom stereocenters. The molecule has 3 rings (SSSR count). The quantitative estimate of drug-likeness (QED) is 0.133. The number of primary amides is 1. The molecule has 0 saturated carbocycles. The molecular weight excluding hydrogens is 570 g/mol. The van der Waals surface area contributed by atoms with E-state index >= 15 is 0 Å². The zero-order valence-electron chi connectivity index (χ0n) is 28.5. The average molecular weight is 628 g/mol. The second kappa shape index (κ2) is 16.2. The largest absolute Gasteiger partial charge is 0.463 e. The molecule has 3 N–H and O–H groups in total. The van der Waals surface area contributed by atoms with Gasteiger partial charge in [-0.1, -0.05) is 45.7 Å². The number of carbonyl (C=O) groups excluding carboxylic acids is 1. The van der Waals surface area contributed by atoms with E-state index in [1.807, 2.05) is 39.1 Å². The molecule has 0 saturated heterocycles. The Kier molecular flexibility index (Phi) is 13.3. The highest BCUT2D eigenvalue weighted by atomic mass is 28.4. The van der Waals surface area contributed by atoms with Crippen molar-refractivity contribution in [2.75, 3.05) is 44.8 Å². The lowest BCUT2D eigenvalue weighted by Crippen LogP contribution is -2.43. The fraction of sp³-hybridized carbons (Fsp3) is 0.629. The number of nitrogens with one attached hydrogen (secondary N) is 1. The highest BCUT2D eigenvalue weighted by Crippen LogP contribution is 2.40. The summed E-state index contributed by atoms with van der Waals surface area (Å²) in [7, 11) is 0.0455. The molecule has 1 amide bonds. The lowest BCUT2D eigenvalue weighted by molar-refractivity contribution is -0.180. The van der Waals surface area contributed by atoms with E-state index in [0.717, 1.165) is 75.5 Å². The molecule has 44 heavy (non-hydrogen) atoms. The average Bonchev–Trinajstić information content (AvgIpc) is 2.95. The van der Waals surface area contributed by atoms with E-state index in [2.05, 4.69) is 62.3 Å². The van der Waals surface area contributed by atoms with Gasteiger partial charge in [0.25, 0.3) is 0 Å². The van der Waals surface area contributed by atoms with Gasteiger partial charge in [-0.05, 0) is 79.8 Å². The van der Waals surface area contributed by atoms with Gasteiger partial charge in [0.1, 0.15) is 5.75 Å². The maximum Gasteiger partial charge on any atom is 0.248 e. The first-order valence-corrected chi connectivity index (χ1v) is 19.1. The summed E-state index contributed by atoms with van der Waals surface area (Å²) in [5.74, 6) is -0.105.